The largest absolute Gasteiger partial charge is 0.508 e. The molecule has 2 fully saturated rings. The number of aliphatic hydroxyl groups is 1. The molecule has 23 heavy (non-hydrogen) atoms. The zero-order valence-corrected chi connectivity index (χ0v) is 14.4. The highest BCUT2D eigenvalue weighted by Crippen LogP contribution is 2.64. The Bertz CT molecular complexity index is 655. The minimum Gasteiger partial charge on any atom is -0.508 e. The zero-order valence-electron chi connectivity index (χ0n) is 13.6. The average Bonchev–Trinajstić information content (AvgIpc) is 2.79. The molecule has 0 aromatic heterocycles. The molecule has 1 aromatic carbocycles. The third-order valence-electron chi connectivity index (χ3n) is 7.26. The van der Waals surface area contributed by atoms with Crippen LogP contribution >= 0.6 is 11.6 Å². The Morgan fingerprint density at radius 1 is 1.22 bits per heavy atom. The molecule has 2 nitrogen and oxygen atoms in total. The molecule has 2 saturated carbocycles. The maximum atomic E-state index is 11.2. The van der Waals surface area contributed by atoms with E-state index in [9.17, 15) is 10.2 Å². The number of hydrogen-bond donors (Lipinski definition) is 2. The predicted octanol–water partition coefficient (Wildman–Crippen LogP) is 4.73. The molecule has 3 aliphatic rings. The number of hydrogen-bond acceptors (Lipinski definition) is 2. The standard InChI is InChI=1S/C20H25ClO2/c1-19-8-6-16-15-5-3-14(22)12-13(15)2-4-17(16)18(19)7-9-20(19,23)10-11-21/h3,5,10-12,16-18,22-23H,2,4,6-9H2,1H3/b11-10+/t16-,17-,18+,19+,20-/m1/s1. The molecule has 5 atom stereocenters. The number of fused-ring (bicyclic) bond motifs is 5. The van der Waals surface area contributed by atoms with Gasteiger partial charge in [0.2, 0.25) is 0 Å². The molecule has 3 heteroatoms. The van der Waals surface area contributed by atoms with Gasteiger partial charge in [0, 0.05) is 11.0 Å². The fraction of sp³-hybridized carbons (Fsp3) is 0.600. The van der Waals surface area contributed by atoms with Crippen molar-refractivity contribution in [2.75, 3.05) is 0 Å². The van der Waals surface area contributed by atoms with Gasteiger partial charge in [0.25, 0.3) is 0 Å². The molecular weight excluding hydrogens is 308 g/mol. The molecular formula is C20H25ClO2. The van der Waals surface area contributed by atoms with Crippen LogP contribution in [0.1, 0.15) is 56.1 Å². The van der Waals surface area contributed by atoms with Crippen molar-refractivity contribution in [2.45, 2.75) is 57.0 Å². The first-order valence-electron chi connectivity index (χ1n) is 8.80. The van der Waals surface area contributed by atoms with Crippen molar-refractivity contribution < 1.29 is 10.2 Å². The number of aromatic hydroxyl groups is 1. The van der Waals surface area contributed by atoms with E-state index in [1.54, 1.807) is 0 Å². The van der Waals surface area contributed by atoms with Gasteiger partial charge >= 0.3 is 0 Å². The van der Waals surface area contributed by atoms with E-state index in [0.29, 0.717) is 23.5 Å². The van der Waals surface area contributed by atoms with Crippen molar-refractivity contribution in [3.8, 4) is 5.75 Å². The van der Waals surface area contributed by atoms with Crippen LogP contribution in [0.15, 0.2) is 29.8 Å². The summed E-state index contributed by atoms with van der Waals surface area (Å²) in [6, 6.07) is 5.90. The van der Waals surface area contributed by atoms with Gasteiger partial charge in [-0.25, -0.2) is 0 Å². The summed E-state index contributed by atoms with van der Waals surface area (Å²) in [5.74, 6) is 2.16. The maximum Gasteiger partial charge on any atom is 0.115 e. The molecule has 4 rings (SSSR count). The minimum absolute atomic E-state index is 0.0615. The van der Waals surface area contributed by atoms with E-state index in [1.165, 1.54) is 23.1 Å². The van der Waals surface area contributed by atoms with Gasteiger partial charge in [-0.3, -0.25) is 0 Å². The Balaban J connectivity index is 1.70. The first kappa shape index (κ1) is 15.5. The SMILES string of the molecule is C[C@]12CC[C@@H]3c4ccc(O)cc4CC[C@H]3[C@@H]1CC[C@@]2(O)/C=C/Cl. The van der Waals surface area contributed by atoms with Crippen LogP contribution in [-0.4, -0.2) is 15.8 Å². The van der Waals surface area contributed by atoms with Gasteiger partial charge in [-0.2, -0.15) is 0 Å². The van der Waals surface area contributed by atoms with Crippen LogP contribution in [0.4, 0.5) is 0 Å². The molecule has 0 bridgehead atoms. The maximum absolute atomic E-state index is 11.2. The van der Waals surface area contributed by atoms with Gasteiger partial charge in [-0.05, 0) is 85.6 Å². The van der Waals surface area contributed by atoms with Gasteiger partial charge in [0.15, 0.2) is 0 Å². The third-order valence-corrected chi connectivity index (χ3v) is 7.39. The van der Waals surface area contributed by atoms with Crippen molar-refractivity contribution >= 4 is 11.6 Å². The molecule has 124 valence electrons. The molecule has 0 saturated heterocycles. The Kier molecular flexibility index (Phi) is 3.55. The quantitative estimate of drug-likeness (QED) is 0.780. The number of benzene rings is 1. The molecule has 2 N–H and O–H groups in total. The number of rotatable bonds is 1. The molecule has 0 heterocycles. The van der Waals surface area contributed by atoms with Crippen molar-refractivity contribution in [1.29, 1.82) is 0 Å². The van der Waals surface area contributed by atoms with E-state index in [-0.39, 0.29) is 5.41 Å². The summed E-state index contributed by atoms with van der Waals surface area (Å²) in [5, 5.41) is 20.9. The third kappa shape index (κ3) is 2.11. The number of phenols is 1. The average molecular weight is 333 g/mol. The first-order chi connectivity index (χ1) is 11.0. The molecule has 3 aliphatic carbocycles. The smallest absolute Gasteiger partial charge is 0.115 e. The van der Waals surface area contributed by atoms with E-state index in [1.807, 2.05) is 18.2 Å². The van der Waals surface area contributed by atoms with E-state index in [4.69, 9.17) is 11.6 Å². The monoisotopic (exact) mass is 332 g/mol. The van der Waals surface area contributed by atoms with E-state index >= 15 is 0 Å². The normalized spacial score (nSPS) is 42.3. The molecule has 0 aliphatic heterocycles. The number of phenolic OH excluding ortho intramolecular Hbond substituents is 1. The summed E-state index contributed by atoms with van der Waals surface area (Å²) in [6.07, 6.45) is 8.10. The van der Waals surface area contributed by atoms with Crippen molar-refractivity contribution in [3.05, 3.63) is 40.9 Å². The van der Waals surface area contributed by atoms with Gasteiger partial charge in [-0.1, -0.05) is 24.6 Å². The van der Waals surface area contributed by atoms with Crippen molar-refractivity contribution in [2.24, 2.45) is 17.3 Å². The Labute approximate surface area is 143 Å². The van der Waals surface area contributed by atoms with Gasteiger partial charge < -0.3 is 10.2 Å². The van der Waals surface area contributed by atoms with Crippen LogP contribution in [-0.2, 0) is 6.42 Å². The second-order valence-corrected chi connectivity index (χ2v) is 8.26. The molecule has 0 unspecified atom stereocenters. The van der Waals surface area contributed by atoms with Gasteiger partial charge in [0.05, 0.1) is 5.60 Å². The lowest BCUT2D eigenvalue weighted by Crippen LogP contribution is -2.49. The highest BCUT2D eigenvalue weighted by Gasteiger charge is 2.60. The van der Waals surface area contributed by atoms with Crippen LogP contribution in [0.25, 0.3) is 0 Å². The summed E-state index contributed by atoms with van der Waals surface area (Å²) >= 11 is 5.82. The summed E-state index contributed by atoms with van der Waals surface area (Å²) in [4.78, 5) is 0. The zero-order chi connectivity index (χ0) is 16.2. The van der Waals surface area contributed by atoms with Crippen LogP contribution in [0.2, 0.25) is 0 Å². The lowest BCUT2D eigenvalue weighted by molar-refractivity contribution is -0.0708. The summed E-state index contributed by atoms with van der Waals surface area (Å²) < 4.78 is 0. The van der Waals surface area contributed by atoms with Crippen LogP contribution < -0.4 is 0 Å². The lowest BCUT2D eigenvalue weighted by Gasteiger charge is -2.52. The van der Waals surface area contributed by atoms with E-state index < -0.39 is 5.60 Å². The van der Waals surface area contributed by atoms with E-state index in [0.717, 1.165) is 32.1 Å². The summed E-state index contributed by atoms with van der Waals surface area (Å²) in [5.41, 5.74) is 3.44. The summed E-state index contributed by atoms with van der Waals surface area (Å²) in [6.45, 7) is 2.27. The second-order valence-electron chi connectivity index (χ2n) is 8.01. The number of aryl methyl sites for hydroxylation is 1. The van der Waals surface area contributed by atoms with E-state index in [2.05, 4.69) is 13.0 Å². The van der Waals surface area contributed by atoms with Crippen LogP contribution in [0.3, 0.4) is 0 Å². The first-order valence-corrected chi connectivity index (χ1v) is 9.24. The van der Waals surface area contributed by atoms with Gasteiger partial charge in [-0.15, -0.1) is 0 Å². The fourth-order valence-corrected chi connectivity index (χ4v) is 6.21. The van der Waals surface area contributed by atoms with Crippen LogP contribution in [0.5, 0.6) is 5.75 Å². The Morgan fingerprint density at radius 2 is 2.04 bits per heavy atom. The highest BCUT2D eigenvalue weighted by molar-refractivity contribution is 6.25. The molecule has 0 radical (unpaired) electrons. The second kappa shape index (κ2) is 5.26. The van der Waals surface area contributed by atoms with Crippen molar-refractivity contribution in [1.82, 2.24) is 0 Å². The van der Waals surface area contributed by atoms with Crippen molar-refractivity contribution in [3.63, 3.8) is 0 Å². The van der Waals surface area contributed by atoms with Gasteiger partial charge in [0.1, 0.15) is 5.75 Å². The fourth-order valence-electron chi connectivity index (χ4n) is 6.00. The Morgan fingerprint density at radius 3 is 2.83 bits per heavy atom. The van der Waals surface area contributed by atoms with Crippen LogP contribution in [0, 0.1) is 17.3 Å². The Hall–Kier alpha value is -0.990. The summed E-state index contributed by atoms with van der Waals surface area (Å²) in [7, 11) is 0. The number of halogens is 1. The molecule has 0 spiro atoms. The topological polar surface area (TPSA) is 40.5 Å². The predicted molar refractivity (Wildman–Crippen MR) is 92.7 cm³/mol. The highest BCUT2D eigenvalue weighted by atomic mass is 35.5. The molecule has 1 aromatic rings. The lowest BCUT2D eigenvalue weighted by atomic mass is 9.53. The minimum atomic E-state index is -0.750. The molecule has 0 amide bonds.